The number of anilines is 1. The largest absolute Gasteiger partial charge is 0.462 e. The lowest BCUT2D eigenvalue weighted by atomic mass is 10.1. The molecule has 4 aromatic heterocycles. The average Bonchev–Trinajstić information content (AvgIpc) is 3.43. The van der Waals surface area contributed by atoms with Gasteiger partial charge >= 0.3 is 0 Å². The summed E-state index contributed by atoms with van der Waals surface area (Å²) in [6.07, 6.45) is 7.49. The van der Waals surface area contributed by atoms with Crippen LogP contribution in [0.3, 0.4) is 0 Å². The first-order chi connectivity index (χ1) is 14.9. The third kappa shape index (κ3) is 2.84. The molecule has 1 N–H and O–H groups in total. The lowest BCUT2D eigenvalue weighted by Crippen LogP contribution is -2.43. The molecule has 1 saturated heterocycles. The van der Waals surface area contributed by atoms with E-state index in [-0.39, 0.29) is 0 Å². The quantitative estimate of drug-likeness (QED) is 0.496. The highest BCUT2D eigenvalue weighted by Gasteiger charge is 2.14. The van der Waals surface area contributed by atoms with Crippen molar-refractivity contribution in [3.63, 3.8) is 0 Å². The average molecular weight is 395 g/mol. The van der Waals surface area contributed by atoms with Crippen molar-refractivity contribution >= 4 is 22.4 Å². The summed E-state index contributed by atoms with van der Waals surface area (Å²) in [7, 11) is 0. The van der Waals surface area contributed by atoms with E-state index in [2.05, 4.69) is 67.2 Å². The van der Waals surface area contributed by atoms with E-state index in [1.807, 2.05) is 18.3 Å². The highest BCUT2D eigenvalue weighted by Crippen LogP contribution is 2.31. The van der Waals surface area contributed by atoms with Gasteiger partial charge in [0, 0.05) is 44.3 Å². The second-order valence-corrected chi connectivity index (χ2v) is 7.57. The maximum Gasteiger partial charge on any atom is 0.153 e. The molecule has 0 atom stereocenters. The molecule has 6 heteroatoms. The summed E-state index contributed by atoms with van der Waals surface area (Å²) < 4.78 is 7.75. The molecule has 1 aromatic carbocycles. The van der Waals surface area contributed by atoms with Crippen LogP contribution in [0.5, 0.6) is 0 Å². The number of nitrogens with zero attached hydrogens (tertiary/aromatic N) is 4. The molecule has 5 aromatic rings. The minimum absolute atomic E-state index is 0.781. The Bertz CT molecular complexity index is 1330. The van der Waals surface area contributed by atoms with Gasteiger partial charge in [-0.25, -0.2) is 4.98 Å². The van der Waals surface area contributed by atoms with Crippen LogP contribution in [0.25, 0.3) is 39.1 Å². The van der Waals surface area contributed by atoms with Gasteiger partial charge in [-0.3, -0.25) is 9.38 Å². The van der Waals surface area contributed by atoms with Gasteiger partial charge in [0.1, 0.15) is 17.4 Å². The SMILES string of the molecule is c1cnc2c(-c3cnc4cc(-c5ccc(N6CCNCC6)cc5)ccn34)coc2c1. The molecule has 5 heterocycles. The number of piperazine rings is 1. The number of rotatable bonds is 3. The summed E-state index contributed by atoms with van der Waals surface area (Å²) in [5, 5.41) is 3.40. The van der Waals surface area contributed by atoms with Crippen LogP contribution in [0.4, 0.5) is 5.69 Å². The molecular formula is C24H21N5O. The van der Waals surface area contributed by atoms with Crippen LogP contribution in [-0.2, 0) is 0 Å². The maximum absolute atomic E-state index is 5.66. The number of hydrogen-bond donors (Lipinski definition) is 1. The summed E-state index contributed by atoms with van der Waals surface area (Å²) in [6, 6.07) is 16.9. The fourth-order valence-electron chi connectivity index (χ4n) is 4.20. The number of fused-ring (bicyclic) bond motifs is 2. The van der Waals surface area contributed by atoms with Crippen LogP contribution >= 0.6 is 0 Å². The highest BCUT2D eigenvalue weighted by atomic mass is 16.3. The summed E-state index contributed by atoms with van der Waals surface area (Å²) in [5.74, 6) is 0. The van der Waals surface area contributed by atoms with Gasteiger partial charge in [0.05, 0.1) is 17.5 Å². The van der Waals surface area contributed by atoms with E-state index in [0.717, 1.165) is 59.7 Å². The number of pyridine rings is 2. The Morgan fingerprint density at radius 3 is 2.67 bits per heavy atom. The molecule has 0 amide bonds. The highest BCUT2D eigenvalue weighted by molar-refractivity contribution is 5.90. The van der Waals surface area contributed by atoms with Crippen molar-refractivity contribution in [2.75, 3.05) is 31.1 Å². The van der Waals surface area contributed by atoms with Crippen molar-refractivity contribution in [1.82, 2.24) is 19.7 Å². The number of imidazole rings is 1. The molecule has 0 saturated carbocycles. The van der Waals surface area contributed by atoms with Crippen molar-refractivity contribution < 1.29 is 4.42 Å². The van der Waals surface area contributed by atoms with E-state index in [1.54, 1.807) is 12.5 Å². The summed E-state index contributed by atoms with van der Waals surface area (Å²) in [5.41, 5.74) is 8.09. The van der Waals surface area contributed by atoms with E-state index >= 15 is 0 Å². The predicted molar refractivity (Wildman–Crippen MR) is 119 cm³/mol. The summed E-state index contributed by atoms with van der Waals surface area (Å²) in [6.45, 7) is 4.20. The normalized spacial score (nSPS) is 14.6. The van der Waals surface area contributed by atoms with Crippen molar-refractivity contribution in [2.24, 2.45) is 0 Å². The zero-order valence-corrected chi connectivity index (χ0v) is 16.5. The van der Waals surface area contributed by atoms with Crippen LogP contribution in [0, 0.1) is 0 Å². The zero-order valence-electron chi connectivity index (χ0n) is 16.5. The maximum atomic E-state index is 5.66. The van der Waals surface area contributed by atoms with Gasteiger partial charge in [0.2, 0.25) is 0 Å². The van der Waals surface area contributed by atoms with Gasteiger partial charge in [-0.15, -0.1) is 0 Å². The number of benzene rings is 1. The minimum atomic E-state index is 0.781. The molecule has 6 rings (SSSR count). The molecular weight excluding hydrogens is 374 g/mol. The number of nitrogens with one attached hydrogen (secondary N) is 1. The van der Waals surface area contributed by atoms with Crippen LogP contribution in [-0.4, -0.2) is 40.5 Å². The molecule has 0 spiro atoms. The van der Waals surface area contributed by atoms with E-state index in [0.29, 0.717) is 0 Å². The Morgan fingerprint density at radius 1 is 0.933 bits per heavy atom. The van der Waals surface area contributed by atoms with Gasteiger partial charge in [0.15, 0.2) is 5.58 Å². The lowest BCUT2D eigenvalue weighted by Gasteiger charge is -2.29. The second-order valence-electron chi connectivity index (χ2n) is 7.57. The molecule has 0 bridgehead atoms. The molecule has 1 fully saturated rings. The lowest BCUT2D eigenvalue weighted by molar-refractivity contribution is 0.589. The Balaban J connectivity index is 1.34. The number of hydrogen-bond acceptors (Lipinski definition) is 5. The first-order valence-corrected chi connectivity index (χ1v) is 10.2. The van der Waals surface area contributed by atoms with Crippen molar-refractivity contribution in [3.05, 3.63) is 73.4 Å². The second kappa shape index (κ2) is 7.00. The van der Waals surface area contributed by atoms with E-state index in [1.165, 1.54) is 11.3 Å². The van der Waals surface area contributed by atoms with Crippen LogP contribution in [0.2, 0.25) is 0 Å². The third-order valence-electron chi connectivity index (χ3n) is 5.80. The van der Waals surface area contributed by atoms with Gasteiger partial charge in [0.25, 0.3) is 0 Å². The van der Waals surface area contributed by atoms with E-state index < -0.39 is 0 Å². The van der Waals surface area contributed by atoms with Gasteiger partial charge in [-0.2, -0.15) is 0 Å². The van der Waals surface area contributed by atoms with Gasteiger partial charge in [-0.05, 0) is 47.5 Å². The van der Waals surface area contributed by atoms with Crippen molar-refractivity contribution in [3.8, 4) is 22.4 Å². The molecule has 0 radical (unpaired) electrons. The number of aromatic nitrogens is 3. The minimum Gasteiger partial charge on any atom is -0.462 e. The fraction of sp³-hybridized carbons (Fsp3) is 0.167. The Morgan fingerprint density at radius 2 is 1.80 bits per heavy atom. The first-order valence-electron chi connectivity index (χ1n) is 10.2. The Kier molecular flexibility index (Phi) is 4.02. The molecule has 0 unspecified atom stereocenters. The monoisotopic (exact) mass is 395 g/mol. The van der Waals surface area contributed by atoms with Crippen molar-refractivity contribution in [2.45, 2.75) is 0 Å². The van der Waals surface area contributed by atoms with Crippen LogP contribution in [0.1, 0.15) is 0 Å². The van der Waals surface area contributed by atoms with Crippen molar-refractivity contribution in [1.29, 1.82) is 0 Å². The standard InChI is InChI=1S/C24H21N5O/c1-2-22-24(26-8-1)20(16-30-22)21-15-27-23-14-18(7-11-29(21)23)17-3-5-19(6-4-17)28-12-9-25-10-13-28/h1-8,11,14-16,25H,9-10,12-13H2. The van der Waals surface area contributed by atoms with Gasteiger partial charge < -0.3 is 14.6 Å². The summed E-state index contributed by atoms with van der Waals surface area (Å²) in [4.78, 5) is 11.5. The summed E-state index contributed by atoms with van der Waals surface area (Å²) >= 11 is 0. The fourth-order valence-corrected chi connectivity index (χ4v) is 4.20. The molecule has 30 heavy (non-hydrogen) atoms. The van der Waals surface area contributed by atoms with E-state index in [9.17, 15) is 0 Å². The molecule has 6 nitrogen and oxygen atoms in total. The van der Waals surface area contributed by atoms with Gasteiger partial charge in [-0.1, -0.05) is 12.1 Å². The zero-order chi connectivity index (χ0) is 19.9. The molecule has 1 aliphatic rings. The molecule has 0 aliphatic carbocycles. The predicted octanol–water partition coefficient (Wildman–Crippen LogP) is 4.22. The van der Waals surface area contributed by atoms with Crippen LogP contribution < -0.4 is 10.2 Å². The van der Waals surface area contributed by atoms with Crippen LogP contribution in [0.15, 0.2) is 77.8 Å². The molecule has 1 aliphatic heterocycles. The first kappa shape index (κ1) is 17.2. The Hall–Kier alpha value is -3.64. The topological polar surface area (TPSA) is 58.6 Å². The third-order valence-corrected chi connectivity index (χ3v) is 5.80. The van der Waals surface area contributed by atoms with E-state index in [4.69, 9.17) is 4.42 Å². The smallest absolute Gasteiger partial charge is 0.153 e. The number of furan rings is 1. The molecule has 148 valence electrons. The Labute approximate surface area is 173 Å².